The number of nitrogens with one attached hydrogen (secondary N) is 2. The predicted octanol–water partition coefficient (Wildman–Crippen LogP) is -2.50. The molecule has 0 aromatic carbocycles. The molecule has 3 atom stereocenters. The molecule has 0 saturated heterocycles. The number of carbonyl (C=O) groups is 3. The zero-order chi connectivity index (χ0) is 14.3. The van der Waals surface area contributed by atoms with E-state index in [9.17, 15) is 14.4 Å². The van der Waals surface area contributed by atoms with Crippen molar-refractivity contribution < 1.29 is 29.7 Å². The van der Waals surface area contributed by atoms with E-state index in [1.807, 2.05) is 0 Å². The number of carboxylic acid groups (broad SMARTS) is 3. The first kappa shape index (κ1) is 16.3. The number of nitrogens with two attached hydrogens (primary N) is 1. The van der Waals surface area contributed by atoms with Crippen LogP contribution in [0, 0.1) is 0 Å². The largest absolute Gasteiger partial charge is 0.480 e. The Morgan fingerprint density at radius 2 is 1.56 bits per heavy atom. The summed E-state index contributed by atoms with van der Waals surface area (Å²) < 4.78 is 0. The molecule has 0 unspecified atom stereocenters. The van der Waals surface area contributed by atoms with Crippen molar-refractivity contribution in [2.24, 2.45) is 5.73 Å². The number of hydrogen-bond donors (Lipinski definition) is 6. The van der Waals surface area contributed by atoms with Gasteiger partial charge in [-0.2, -0.15) is 0 Å². The van der Waals surface area contributed by atoms with E-state index in [2.05, 4.69) is 10.6 Å². The lowest BCUT2D eigenvalue weighted by atomic mass is 10.2. The molecule has 0 aliphatic carbocycles. The van der Waals surface area contributed by atoms with E-state index in [0.717, 1.165) is 0 Å². The Hall–Kier alpha value is -1.71. The summed E-state index contributed by atoms with van der Waals surface area (Å²) >= 11 is 0. The van der Waals surface area contributed by atoms with Gasteiger partial charge in [0.05, 0.1) is 0 Å². The van der Waals surface area contributed by atoms with Crippen molar-refractivity contribution >= 4 is 17.9 Å². The Bertz CT molecular complexity index is 297. The highest BCUT2D eigenvalue weighted by atomic mass is 16.4. The summed E-state index contributed by atoms with van der Waals surface area (Å²) in [6, 6.07) is -3.23. The molecule has 0 radical (unpaired) electrons. The van der Waals surface area contributed by atoms with Gasteiger partial charge in [0, 0.05) is 13.1 Å². The Balaban J connectivity index is 4.20. The Kier molecular flexibility index (Phi) is 6.86. The monoisotopic (exact) mass is 263 g/mol. The van der Waals surface area contributed by atoms with Crippen LogP contribution in [-0.2, 0) is 14.4 Å². The zero-order valence-corrected chi connectivity index (χ0v) is 9.79. The van der Waals surface area contributed by atoms with E-state index in [-0.39, 0.29) is 13.1 Å². The smallest absolute Gasteiger partial charge is 0.322 e. The maximum atomic E-state index is 10.8. The summed E-state index contributed by atoms with van der Waals surface area (Å²) in [5.41, 5.74) is 5.20. The van der Waals surface area contributed by atoms with Gasteiger partial charge in [-0.1, -0.05) is 0 Å². The van der Waals surface area contributed by atoms with Crippen LogP contribution in [-0.4, -0.2) is 64.4 Å². The fraction of sp³-hybridized carbons (Fsp3) is 0.667. The number of hydrogen-bond acceptors (Lipinski definition) is 6. The molecule has 0 bridgehead atoms. The van der Waals surface area contributed by atoms with Gasteiger partial charge in [0.2, 0.25) is 0 Å². The number of aliphatic carboxylic acids is 3. The first-order chi connectivity index (χ1) is 8.25. The second-order valence-electron chi connectivity index (χ2n) is 3.71. The highest BCUT2D eigenvalue weighted by molar-refractivity contribution is 5.76. The number of rotatable bonds is 9. The fourth-order valence-corrected chi connectivity index (χ4v) is 0.985. The van der Waals surface area contributed by atoms with Crippen LogP contribution in [0.4, 0.5) is 0 Å². The molecule has 104 valence electrons. The zero-order valence-electron chi connectivity index (χ0n) is 9.79. The van der Waals surface area contributed by atoms with E-state index in [4.69, 9.17) is 21.1 Å². The summed E-state index contributed by atoms with van der Waals surface area (Å²) in [6.07, 6.45) is 0. The maximum Gasteiger partial charge on any atom is 0.322 e. The second kappa shape index (κ2) is 7.58. The van der Waals surface area contributed by atoms with Crippen molar-refractivity contribution in [1.29, 1.82) is 0 Å². The minimum absolute atomic E-state index is 0.158. The lowest BCUT2D eigenvalue weighted by Crippen LogP contribution is -2.52. The molecule has 0 aromatic heterocycles. The van der Waals surface area contributed by atoms with E-state index in [1.165, 1.54) is 6.92 Å². The first-order valence-corrected chi connectivity index (χ1v) is 5.16. The quantitative estimate of drug-likeness (QED) is 0.264. The van der Waals surface area contributed by atoms with Crippen molar-refractivity contribution in [3.05, 3.63) is 0 Å². The van der Waals surface area contributed by atoms with E-state index in [1.54, 1.807) is 0 Å². The van der Waals surface area contributed by atoms with Crippen molar-refractivity contribution in [2.75, 3.05) is 13.1 Å². The topological polar surface area (TPSA) is 162 Å². The molecule has 18 heavy (non-hydrogen) atoms. The van der Waals surface area contributed by atoms with Crippen LogP contribution in [0.15, 0.2) is 0 Å². The van der Waals surface area contributed by atoms with Crippen LogP contribution in [0.25, 0.3) is 0 Å². The molecular weight excluding hydrogens is 246 g/mol. The summed E-state index contributed by atoms with van der Waals surface area (Å²) in [4.78, 5) is 31.8. The van der Waals surface area contributed by atoms with Crippen molar-refractivity contribution in [3.8, 4) is 0 Å². The van der Waals surface area contributed by atoms with Crippen molar-refractivity contribution in [2.45, 2.75) is 25.0 Å². The maximum absolute atomic E-state index is 10.8. The van der Waals surface area contributed by atoms with Crippen LogP contribution >= 0.6 is 0 Å². The highest BCUT2D eigenvalue weighted by Gasteiger charge is 2.21. The molecule has 0 aliphatic heterocycles. The summed E-state index contributed by atoms with van der Waals surface area (Å²) in [5, 5.41) is 30.9. The Morgan fingerprint density at radius 1 is 1.00 bits per heavy atom. The molecule has 0 fully saturated rings. The molecule has 0 amide bonds. The molecule has 9 nitrogen and oxygen atoms in total. The van der Waals surface area contributed by atoms with E-state index < -0.39 is 36.0 Å². The average molecular weight is 263 g/mol. The SMILES string of the molecule is C[C@H](NC[C@H](NC[C@H](N)C(=O)O)C(=O)O)C(=O)O. The standard InChI is InChI=1S/C9H17N3O6/c1-4(7(13)14)11-3-6(9(17)18)12-2-5(10)8(15)16/h4-6,11-12H,2-3,10H2,1H3,(H,13,14)(H,15,16)(H,17,18)/t4-,5-,6-/m0/s1. The van der Waals surface area contributed by atoms with E-state index >= 15 is 0 Å². The lowest BCUT2D eigenvalue weighted by Gasteiger charge is -2.18. The van der Waals surface area contributed by atoms with Crippen molar-refractivity contribution in [3.63, 3.8) is 0 Å². The van der Waals surface area contributed by atoms with Gasteiger partial charge in [0.25, 0.3) is 0 Å². The first-order valence-electron chi connectivity index (χ1n) is 5.16. The third-order valence-corrected chi connectivity index (χ3v) is 2.20. The van der Waals surface area contributed by atoms with Gasteiger partial charge in [0.15, 0.2) is 0 Å². The molecule has 0 saturated carbocycles. The highest BCUT2D eigenvalue weighted by Crippen LogP contribution is 1.88. The fourth-order valence-electron chi connectivity index (χ4n) is 0.985. The van der Waals surface area contributed by atoms with Gasteiger partial charge < -0.3 is 31.7 Å². The predicted molar refractivity (Wildman–Crippen MR) is 60.1 cm³/mol. The second-order valence-corrected chi connectivity index (χ2v) is 3.71. The minimum atomic E-state index is -1.25. The molecule has 7 N–H and O–H groups in total. The summed E-state index contributed by atoms with van der Waals surface area (Å²) in [6.45, 7) is 0.981. The normalized spacial score (nSPS) is 15.7. The van der Waals surface area contributed by atoms with Crippen LogP contribution in [0.2, 0.25) is 0 Å². The van der Waals surface area contributed by atoms with Crippen LogP contribution < -0.4 is 16.4 Å². The van der Waals surface area contributed by atoms with Crippen LogP contribution in [0.5, 0.6) is 0 Å². The van der Waals surface area contributed by atoms with Gasteiger partial charge in [0.1, 0.15) is 18.1 Å². The summed E-state index contributed by atoms with van der Waals surface area (Å²) in [5.74, 6) is -3.59. The van der Waals surface area contributed by atoms with Gasteiger partial charge in [-0.05, 0) is 6.92 Å². The van der Waals surface area contributed by atoms with Crippen LogP contribution in [0.3, 0.4) is 0 Å². The van der Waals surface area contributed by atoms with Gasteiger partial charge >= 0.3 is 17.9 Å². The molecule has 0 rings (SSSR count). The van der Waals surface area contributed by atoms with Gasteiger partial charge in [-0.15, -0.1) is 0 Å². The van der Waals surface area contributed by atoms with Gasteiger partial charge in [-0.3, -0.25) is 14.4 Å². The van der Waals surface area contributed by atoms with E-state index in [0.29, 0.717) is 0 Å². The molecule has 9 heteroatoms. The Labute approximate surface area is 103 Å². The Morgan fingerprint density at radius 3 is 1.94 bits per heavy atom. The number of carboxylic acids is 3. The molecular formula is C9H17N3O6. The molecule has 0 heterocycles. The summed E-state index contributed by atoms with van der Waals surface area (Å²) in [7, 11) is 0. The minimum Gasteiger partial charge on any atom is -0.480 e. The molecule has 0 spiro atoms. The average Bonchev–Trinajstić information content (AvgIpc) is 2.27. The third-order valence-electron chi connectivity index (χ3n) is 2.20. The van der Waals surface area contributed by atoms with Crippen molar-refractivity contribution in [1.82, 2.24) is 10.6 Å². The third kappa shape index (κ3) is 6.13. The lowest BCUT2D eigenvalue weighted by molar-refractivity contribution is -0.142. The molecule has 0 aliphatic rings. The van der Waals surface area contributed by atoms with Crippen LogP contribution in [0.1, 0.15) is 6.92 Å². The van der Waals surface area contributed by atoms with Gasteiger partial charge in [-0.25, -0.2) is 0 Å². The molecule has 0 aromatic rings.